The molecule has 0 spiro atoms. The smallest absolute Gasteiger partial charge is 0.141 e. The van der Waals surface area contributed by atoms with Gasteiger partial charge in [-0.15, -0.1) is 0 Å². The summed E-state index contributed by atoms with van der Waals surface area (Å²) < 4.78 is 25.2. The average Bonchev–Trinajstić information content (AvgIpc) is 2.31. The fourth-order valence-corrected chi connectivity index (χ4v) is 3.36. The van der Waals surface area contributed by atoms with Crippen LogP contribution in [0.25, 0.3) is 0 Å². The molecule has 0 saturated carbocycles. The van der Waals surface area contributed by atoms with Gasteiger partial charge in [-0.3, -0.25) is 4.21 Å². The van der Waals surface area contributed by atoms with Crippen molar-refractivity contribution in [3.63, 3.8) is 0 Å². The molecule has 18 heavy (non-hydrogen) atoms. The van der Waals surface area contributed by atoms with Gasteiger partial charge in [-0.1, -0.05) is 32.4 Å². The standard InChI is InChI=1S/C13H19ClFNOS/c1-4-16-13(9(2)3)8-18(17)10-5-6-12(15)11(14)7-10/h5-7,9,13,16H,4,8H2,1-3H3. The van der Waals surface area contributed by atoms with Gasteiger partial charge in [0.05, 0.1) is 15.8 Å². The van der Waals surface area contributed by atoms with E-state index in [-0.39, 0.29) is 11.1 Å². The van der Waals surface area contributed by atoms with E-state index in [9.17, 15) is 8.60 Å². The summed E-state index contributed by atoms with van der Waals surface area (Å²) in [6.07, 6.45) is 0. The van der Waals surface area contributed by atoms with Crippen molar-refractivity contribution in [1.29, 1.82) is 0 Å². The number of halogens is 2. The normalized spacial score (nSPS) is 14.8. The zero-order valence-electron chi connectivity index (χ0n) is 10.9. The Hall–Kier alpha value is -0.450. The van der Waals surface area contributed by atoms with Crippen molar-refractivity contribution in [3.8, 4) is 0 Å². The minimum atomic E-state index is -1.17. The molecule has 0 aromatic heterocycles. The lowest BCUT2D eigenvalue weighted by Crippen LogP contribution is -2.38. The first-order valence-corrected chi connectivity index (χ1v) is 7.72. The monoisotopic (exact) mass is 291 g/mol. The van der Waals surface area contributed by atoms with Crippen molar-refractivity contribution >= 4 is 22.4 Å². The van der Waals surface area contributed by atoms with Crippen molar-refractivity contribution in [2.24, 2.45) is 5.92 Å². The maximum Gasteiger partial charge on any atom is 0.141 e. The minimum absolute atomic E-state index is 0.0189. The Kier molecular flexibility index (Phi) is 6.26. The predicted octanol–water partition coefficient (Wildman–Crippen LogP) is 3.22. The van der Waals surface area contributed by atoms with Crippen molar-refractivity contribution in [1.82, 2.24) is 5.32 Å². The van der Waals surface area contributed by atoms with Crippen LogP contribution in [0.4, 0.5) is 4.39 Å². The summed E-state index contributed by atoms with van der Waals surface area (Å²) in [4.78, 5) is 0.574. The predicted molar refractivity (Wildman–Crippen MR) is 75.0 cm³/mol. The summed E-state index contributed by atoms with van der Waals surface area (Å²) in [6.45, 7) is 7.03. The molecule has 0 aliphatic heterocycles. The molecular formula is C13H19ClFNOS. The lowest BCUT2D eigenvalue weighted by molar-refractivity contribution is 0.440. The molecule has 0 heterocycles. The summed E-state index contributed by atoms with van der Waals surface area (Å²) in [5, 5.41) is 3.33. The third-order valence-corrected chi connectivity index (χ3v) is 4.49. The molecule has 0 aliphatic carbocycles. The summed E-state index contributed by atoms with van der Waals surface area (Å²) in [5.41, 5.74) is 0. The molecule has 1 N–H and O–H groups in total. The van der Waals surface area contributed by atoms with Crippen LogP contribution in [-0.2, 0) is 10.8 Å². The van der Waals surface area contributed by atoms with Gasteiger partial charge in [0.15, 0.2) is 0 Å². The topological polar surface area (TPSA) is 29.1 Å². The molecule has 2 atom stereocenters. The Morgan fingerprint density at radius 1 is 1.44 bits per heavy atom. The number of rotatable bonds is 6. The van der Waals surface area contributed by atoms with Gasteiger partial charge >= 0.3 is 0 Å². The fourth-order valence-electron chi connectivity index (χ4n) is 1.63. The quantitative estimate of drug-likeness (QED) is 0.872. The van der Waals surface area contributed by atoms with Gasteiger partial charge in [0.25, 0.3) is 0 Å². The Morgan fingerprint density at radius 3 is 2.61 bits per heavy atom. The summed E-state index contributed by atoms with van der Waals surface area (Å²) in [5.74, 6) is 0.419. The molecule has 0 aliphatic rings. The van der Waals surface area contributed by atoms with Gasteiger partial charge in [0.1, 0.15) is 5.82 Å². The molecule has 1 aromatic rings. The molecule has 2 unspecified atom stereocenters. The van der Waals surface area contributed by atoms with Crippen LogP contribution >= 0.6 is 11.6 Å². The molecule has 2 nitrogen and oxygen atoms in total. The maximum absolute atomic E-state index is 13.0. The van der Waals surface area contributed by atoms with Gasteiger partial charge < -0.3 is 5.32 Å². The lowest BCUT2D eigenvalue weighted by atomic mass is 10.1. The minimum Gasteiger partial charge on any atom is -0.313 e. The van der Waals surface area contributed by atoms with Crippen LogP contribution in [0, 0.1) is 11.7 Å². The van der Waals surface area contributed by atoms with Crippen LogP contribution in [0.1, 0.15) is 20.8 Å². The Balaban J connectivity index is 2.77. The van der Waals surface area contributed by atoms with Crippen LogP contribution in [0.3, 0.4) is 0 Å². The Bertz CT molecular complexity index is 425. The highest BCUT2D eigenvalue weighted by molar-refractivity contribution is 7.85. The number of nitrogens with one attached hydrogen (secondary N) is 1. The zero-order valence-corrected chi connectivity index (χ0v) is 12.4. The number of benzene rings is 1. The van der Waals surface area contributed by atoms with E-state index in [2.05, 4.69) is 19.2 Å². The fraction of sp³-hybridized carbons (Fsp3) is 0.538. The van der Waals surface area contributed by atoms with Crippen LogP contribution in [-0.4, -0.2) is 22.5 Å². The molecule has 1 rings (SSSR count). The van der Waals surface area contributed by atoms with Gasteiger partial charge in [-0.05, 0) is 30.7 Å². The van der Waals surface area contributed by atoms with E-state index in [0.717, 1.165) is 6.54 Å². The average molecular weight is 292 g/mol. The van der Waals surface area contributed by atoms with Crippen molar-refractivity contribution in [2.75, 3.05) is 12.3 Å². The number of hydrogen-bond donors (Lipinski definition) is 1. The first kappa shape index (κ1) is 15.6. The van der Waals surface area contributed by atoms with Gasteiger partial charge in [-0.2, -0.15) is 0 Å². The third kappa shape index (κ3) is 4.34. The van der Waals surface area contributed by atoms with Crippen molar-refractivity contribution < 1.29 is 8.60 Å². The summed E-state index contributed by atoms with van der Waals surface area (Å²) in [6, 6.07) is 4.41. The highest BCUT2D eigenvalue weighted by Gasteiger charge is 2.17. The van der Waals surface area contributed by atoms with Crippen LogP contribution in [0.5, 0.6) is 0 Å². The molecule has 1 aromatic carbocycles. The first-order valence-electron chi connectivity index (χ1n) is 6.02. The van der Waals surface area contributed by atoms with E-state index in [1.807, 2.05) is 6.92 Å². The molecule has 0 amide bonds. The second-order valence-corrected chi connectivity index (χ2v) is 6.40. The molecule has 102 valence electrons. The zero-order chi connectivity index (χ0) is 13.7. The van der Waals surface area contributed by atoms with E-state index >= 15 is 0 Å². The molecule has 0 fully saturated rings. The first-order chi connectivity index (χ1) is 8.45. The summed E-state index contributed by atoms with van der Waals surface area (Å²) >= 11 is 5.69. The molecular weight excluding hydrogens is 273 g/mol. The van der Waals surface area contributed by atoms with E-state index < -0.39 is 16.6 Å². The van der Waals surface area contributed by atoms with Gasteiger partial charge in [0.2, 0.25) is 0 Å². The lowest BCUT2D eigenvalue weighted by Gasteiger charge is -2.21. The highest BCUT2D eigenvalue weighted by atomic mass is 35.5. The molecule has 0 bridgehead atoms. The summed E-state index contributed by atoms with van der Waals surface area (Å²) in [7, 11) is -1.17. The largest absolute Gasteiger partial charge is 0.313 e. The number of hydrogen-bond acceptors (Lipinski definition) is 2. The van der Waals surface area contributed by atoms with E-state index in [0.29, 0.717) is 16.6 Å². The van der Waals surface area contributed by atoms with Gasteiger partial charge in [-0.25, -0.2) is 4.39 Å². The van der Waals surface area contributed by atoms with E-state index in [1.165, 1.54) is 18.2 Å². The molecule has 0 saturated heterocycles. The maximum atomic E-state index is 13.0. The van der Waals surface area contributed by atoms with E-state index in [4.69, 9.17) is 11.6 Å². The van der Waals surface area contributed by atoms with Crippen molar-refractivity contribution in [2.45, 2.75) is 31.7 Å². The molecule has 0 radical (unpaired) electrons. The van der Waals surface area contributed by atoms with Crippen LogP contribution in [0.2, 0.25) is 5.02 Å². The van der Waals surface area contributed by atoms with E-state index in [1.54, 1.807) is 0 Å². The Labute approximate surface area is 115 Å². The Morgan fingerprint density at radius 2 is 2.11 bits per heavy atom. The SMILES string of the molecule is CCNC(CS(=O)c1ccc(F)c(Cl)c1)C(C)C. The highest BCUT2D eigenvalue weighted by Crippen LogP contribution is 2.19. The van der Waals surface area contributed by atoms with Gasteiger partial charge in [0, 0.05) is 16.7 Å². The molecule has 5 heteroatoms. The second kappa shape index (κ2) is 7.22. The van der Waals surface area contributed by atoms with Crippen molar-refractivity contribution in [3.05, 3.63) is 29.0 Å². The third-order valence-electron chi connectivity index (χ3n) is 2.76. The second-order valence-electron chi connectivity index (χ2n) is 4.50. The van der Waals surface area contributed by atoms with Crippen LogP contribution in [0.15, 0.2) is 23.1 Å². The van der Waals surface area contributed by atoms with Crippen LogP contribution < -0.4 is 5.32 Å².